The van der Waals surface area contributed by atoms with E-state index in [1.807, 2.05) is 17.6 Å². The molecule has 0 amide bonds. The third-order valence-electron chi connectivity index (χ3n) is 2.87. The molecule has 0 aliphatic heterocycles. The summed E-state index contributed by atoms with van der Waals surface area (Å²) in [6.07, 6.45) is 1.72. The van der Waals surface area contributed by atoms with Gasteiger partial charge in [-0.25, -0.2) is 9.97 Å². The van der Waals surface area contributed by atoms with Crippen LogP contribution < -0.4 is 10.6 Å². The average Bonchev–Trinajstić information content (AvgIpc) is 2.93. The number of anilines is 2. The summed E-state index contributed by atoms with van der Waals surface area (Å²) in [7, 11) is 1.63. The van der Waals surface area contributed by atoms with Crippen molar-refractivity contribution in [2.75, 3.05) is 24.3 Å². The summed E-state index contributed by atoms with van der Waals surface area (Å²) in [5.41, 5.74) is 0. The van der Waals surface area contributed by atoms with E-state index in [2.05, 4.69) is 37.7 Å². The summed E-state index contributed by atoms with van der Waals surface area (Å²) in [5, 5.41) is 14.4. The molecule has 0 saturated carbocycles. The smallest absolute Gasteiger partial charge is 0.158 e. The molecule has 2 aromatic rings. The number of rotatable bonds is 8. The van der Waals surface area contributed by atoms with Crippen LogP contribution in [-0.4, -0.2) is 38.4 Å². The quantitative estimate of drug-likeness (QED) is 0.757. The van der Waals surface area contributed by atoms with Gasteiger partial charge in [0.05, 0.1) is 6.54 Å². The van der Waals surface area contributed by atoms with Gasteiger partial charge in [0.2, 0.25) is 0 Å². The lowest BCUT2D eigenvalue weighted by atomic mass is 10.4. The van der Waals surface area contributed by atoms with Crippen LogP contribution in [0.1, 0.15) is 25.5 Å². The van der Waals surface area contributed by atoms with Crippen molar-refractivity contribution in [2.45, 2.75) is 33.5 Å². The lowest BCUT2D eigenvalue weighted by molar-refractivity contribution is 0.178. The van der Waals surface area contributed by atoms with Crippen molar-refractivity contribution >= 4 is 11.6 Å². The Hall–Kier alpha value is -2.22. The van der Waals surface area contributed by atoms with Crippen molar-refractivity contribution in [3.63, 3.8) is 0 Å². The highest BCUT2D eigenvalue weighted by atomic mass is 16.5. The Morgan fingerprint density at radius 2 is 1.95 bits per heavy atom. The molecule has 0 radical (unpaired) electrons. The molecule has 2 aromatic heterocycles. The lowest BCUT2D eigenvalue weighted by Crippen LogP contribution is -2.11. The summed E-state index contributed by atoms with van der Waals surface area (Å²) in [4.78, 5) is 8.79. The maximum atomic E-state index is 5.10. The molecule has 0 bridgehead atoms. The second-order valence-electron chi connectivity index (χ2n) is 4.40. The second-order valence-corrected chi connectivity index (χ2v) is 4.40. The van der Waals surface area contributed by atoms with Crippen LogP contribution in [0.5, 0.6) is 0 Å². The lowest BCUT2D eigenvalue weighted by Gasteiger charge is -2.10. The molecule has 2 N–H and O–H groups in total. The van der Waals surface area contributed by atoms with Crippen molar-refractivity contribution in [1.29, 1.82) is 0 Å². The van der Waals surface area contributed by atoms with Gasteiger partial charge in [-0.2, -0.15) is 0 Å². The van der Waals surface area contributed by atoms with Crippen LogP contribution in [0.2, 0.25) is 0 Å². The molecule has 0 aromatic carbocycles. The van der Waals surface area contributed by atoms with Crippen molar-refractivity contribution in [3.8, 4) is 0 Å². The first kappa shape index (κ1) is 15.2. The fourth-order valence-electron chi connectivity index (χ4n) is 1.90. The molecule has 21 heavy (non-hydrogen) atoms. The van der Waals surface area contributed by atoms with E-state index >= 15 is 0 Å². The Morgan fingerprint density at radius 1 is 1.19 bits per heavy atom. The Balaban J connectivity index is 2.10. The van der Waals surface area contributed by atoms with Crippen LogP contribution in [0.15, 0.2) is 12.4 Å². The minimum atomic E-state index is 0.374. The van der Waals surface area contributed by atoms with Gasteiger partial charge >= 0.3 is 0 Å². The number of nitrogens with zero attached hydrogens (tertiary/aromatic N) is 5. The molecule has 2 heterocycles. The Bertz CT molecular complexity index is 545. The van der Waals surface area contributed by atoms with Gasteiger partial charge in [-0.05, 0) is 13.8 Å². The van der Waals surface area contributed by atoms with Gasteiger partial charge in [0.25, 0.3) is 0 Å². The third-order valence-corrected chi connectivity index (χ3v) is 2.87. The van der Waals surface area contributed by atoms with E-state index in [0.29, 0.717) is 19.0 Å². The Morgan fingerprint density at radius 3 is 2.62 bits per heavy atom. The van der Waals surface area contributed by atoms with E-state index in [1.165, 1.54) is 0 Å². The molecule has 8 nitrogen and oxygen atoms in total. The number of hydrogen-bond donors (Lipinski definition) is 2. The number of hydrogen-bond acceptors (Lipinski definition) is 7. The van der Waals surface area contributed by atoms with Crippen LogP contribution in [0.25, 0.3) is 0 Å². The first-order chi connectivity index (χ1) is 10.3. The van der Waals surface area contributed by atoms with Gasteiger partial charge in [-0.3, -0.25) is 0 Å². The predicted octanol–water partition coefficient (Wildman–Crippen LogP) is 1.28. The van der Waals surface area contributed by atoms with Crippen LogP contribution in [0.3, 0.4) is 0 Å². The van der Waals surface area contributed by atoms with Gasteiger partial charge in [0.1, 0.15) is 24.6 Å². The molecule has 0 fully saturated rings. The largest absolute Gasteiger partial charge is 0.377 e. The molecule has 0 saturated heterocycles. The van der Waals surface area contributed by atoms with Crippen LogP contribution in [0, 0.1) is 0 Å². The molecular weight excluding hydrogens is 270 g/mol. The fourth-order valence-corrected chi connectivity index (χ4v) is 1.90. The molecule has 0 aliphatic carbocycles. The molecule has 0 spiro atoms. The summed E-state index contributed by atoms with van der Waals surface area (Å²) in [6.45, 7) is 6.65. The monoisotopic (exact) mass is 291 g/mol. The van der Waals surface area contributed by atoms with Gasteiger partial charge in [0, 0.05) is 26.3 Å². The van der Waals surface area contributed by atoms with Gasteiger partial charge in [0.15, 0.2) is 11.6 Å². The molecule has 0 unspecified atom stereocenters. The van der Waals surface area contributed by atoms with E-state index in [0.717, 1.165) is 30.5 Å². The normalized spacial score (nSPS) is 10.6. The molecule has 0 aliphatic rings. The first-order valence-corrected chi connectivity index (χ1v) is 6.98. The highest BCUT2D eigenvalue weighted by Gasteiger charge is 2.06. The van der Waals surface area contributed by atoms with Crippen LogP contribution in [0.4, 0.5) is 11.6 Å². The zero-order valence-corrected chi connectivity index (χ0v) is 12.6. The highest BCUT2D eigenvalue weighted by Crippen LogP contribution is 2.12. The number of aromatic nitrogens is 5. The fraction of sp³-hybridized carbons (Fsp3) is 0.538. The molecule has 8 heteroatoms. The zero-order valence-electron chi connectivity index (χ0n) is 12.6. The topological polar surface area (TPSA) is 89.8 Å². The maximum Gasteiger partial charge on any atom is 0.158 e. The molecule has 0 atom stereocenters. The van der Waals surface area contributed by atoms with E-state index in [9.17, 15) is 0 Å². The van der Waals surface area contributed by atoms with Crippen LogP contribution >= 0.6 is 0 Å². The number of ether oxygens (including phenoxy) is 1. The summed E-state index contributed by atoms with van der Waals surface area (Å²) >= 11 is 0. The standard InChI is InChI=1S/C13H21N7O/c1-4-14-10-6-11(18-12(17-10)8-21-3)15-7-13-19-16-9-20(13)5-2/h6,9H,4-5,7-8H2,1-3H3,(H2,14,15,17,18). The van der Waals surface area contributed by atoms with Crippen molar-refractivity contribution in [3.05, 3.63) is 24.0 Å². The first-order valence-electron chi connectivity index (χ1n) is 6.98. The summed E-state index contributed by atoms with van der Waals surface area (Å²) in [5.74, 6) is 3.02. The SMILES string of the molecule is CCNc1cc(NCc2nncn2CC)nc(COC)n1. The summed E-state index contributed by atoms with van der Waals surface area (Å²) < 4.78 is 7.08. The van der Waals surface area contributed by atoms with E-state index in [4.69, 9.17) is 4.74 Å². The number of nitrogens with one attached hydrogen (secondary N) is 2. The molecule has 114 valence electrons. The molecule has 2 rings (SSSR count). The van der Waals surface area contributed by atoms with Crippen LogP contribution in [-0.2, 0) is 24.4 Å². The molecular formula is C13H21N7O. The van der Waals surface area contributed by atoms with Crippen molar-refractivity contribution in [1.82, 2.24) is 24.7 Å². The van der Waals surface area contributed by atoms with E-state index in [-0.39, 0.29) is 0 Å². The Kier molecular flexibility index (Phi) is 5.44. The predicted molar refractivity (Wildman–Crippen MR) is 79.9 cm³/mol. The van der Waals surface area contributed by atoms with E-state index in [1.54, 1.807) is 13.4 Å². The van der Waals surface area contributed by atoms with Crippen molar-refractivity contribution in [2.24, 2.45) is 0 Å². The number of aryl methyl sites for hydroxylation is 1. The van der Waals surface area contributed by atoms with Crippen molar-refractivity contribution < 1.29 is 4.74 Å². The highest BCUT2D eigenvalue weighted by molar-refractivity contribution is 5.47. The maximum absolute atomic E-state index is 5.10. The zero-order chi connectivity index (χ0) is 15.1. The van der Waals surface area contributed by atoms with E-state index < -0.39 is 0 Å². The second kappa shape index (κ2) is 7.53. The number of methoxy groups -OCH3 is 1. The average molecular weight is 291 g/mol. The van der Waals surface area contributed by atoms with Gasteiger partial charge < -0.3 is 19.9 Å². The third kappa shape index (κ3) is 4.12. The minimum Gasteiger partial charge on any atom is -0.377 e. The summed E-state index contributed by atoms with van der Waals surface area (Å²) in [6, 6.07) is 1.87. The van der Waals surface area contributed by atoms with Gasteiger partial charge in [-0.1, -0.05) is 0 Å². The Labute approximate surface area is 124 Å². The van der Waals surface area contributed by atoms with Gasteiger partial charge in [-0.15, -0.1) is 10.2 Å². The minimum absolute atomic E-state index is 0.374.